The van der Waals surface area contributed by atoms with Gasteiger partial charge in [-0.1, -0.05) is 43.6 Å². The highest BCUT2D eigenvalue weighted by Gasteiger charge is 1.98. The van der Waals surface area contributed by atoms with Crippen LogP contribution >= 0.6 is 0 Å². The minimum atomic E-state index is 1.27. The van der Waals surface area contributed by atoms with Crippen molar-refractivity contribution in [1.82, 2.24) is 0 Å². The largest absolute Gasteiger partial charge is 0.0843 e. The molecule has 0 saturated heterocycles. The normalized spacial score (nSPS) is 17.8. The fourth-order valence-corrected chi connectivity index (χ4v) is 1.76. The highest BCUT2D eigenvalue weighted by atomic mass is 14.0. The number of unbranched alkanes of at least 4 members (excludes halogenated alkanes) is 3. The Kier molecular flexibility index (Phi) is 5.64. The second-order valence-corrected chi connectivity index (χ2v) is 3.92. The fraction of sp³-hybridized carbons (Fsp3) is 0.692. The molecule has 0 heterocycles. The van der Waals surface area contributed by atoms with E-state index in [0.717, 1.165) is 0 Å². The predicted molar refractivity (Wildman–Crippen MR) is 59.8 cm³/mol. The molecule has 1 aliphatic carbocycles. The molecule has 0 aromatic heterocycles. The van der Waals surface area contributed by atoms with Crippen LogP contribution in [0.2, 0.25) is 0 Å². The van der Waals surface area contributed by atoms with Gasteiger partial charge in [-0.25, -0.2) is 0 Å². The molecule has 1 rings (SSSR count). The molecule has 0 fully saturated rings. The molecule has 0 nitrogen and oxygen atoms in total. The van der Waals surface area contributed by atoms with Crippen LogP contribution in [0.1, 0.15) is 58.3 Å². The SMILES string of the molecule is CCCCCC=CC1=CCCCC1. The standard InChI is InChI=1S/C13H22/c1-2-3-4-5-7-10-13-11-8-6-9-12-13/h7,10-11H,2-6,8-9,12H2,1H3. The molecule has 0 radical (unpaired) electrons. The Bertz CT molecular complexity index is 174. The van der Waals surface area contributed by atoms with E-state index in [-0.39, 0.29) is 0 Å². The second-order valence-electron chi connectivity index (χ2n) is 3.92. The summed E-state index contributed by atoms with van der Waals surface area (Å²) in [5, 5.41) is 0. The molecule has 0 saturated carbocycles. The summed E-state index contributed by atoms with van der Waals surface area (Å²) in [4.78, 5) is 0. The van der Waals surface area contributed by atoms with Gasteiger partial charge in [0.2, 0.25) is 0 Å². The lowest BCUT2D eigenvalue weighted by molar-refractivity contribution is 0.708. The molecule has 0 amide bonds. The van der Waals surface area contributed by atoms with Gasteiger partial charge in [0.25, 0.3) is 0 Å². The Balaban J connectivity index is 2.11. The summed E-state index contributed by atoms with van der Waals surface area (Å²) in [5.74, 6) is 0. The smallest absolute Gasteiger partial charge is 0.0282 e. The summed E-state index contributed by atoms with van der Waals surface area (Å²) in [7, 11) is 0. The molecule has 0 spiro atoms. The first-order valence-corrected chi connectivity index (χ1v) is 5.79. The number of hydrogen-bond donors (Lipinski definition) is 0. The van der Waals surface area contributed by atoms with Crippen LogP contribution in [0.5, 0.6) is 0 Å². The molecule has 1 aliphatic rings. The molecule has 0 N–H and O–H groups in total. The first kappa shape index (κ1) is 10.6. The molecular weight excluding hydrogens is 156 g/mol. The van der Waals surface area contributed by atoms with E-state index in [2.05, 4.69) is 25.2 Å². The van der Waals surface area contributed by atoms with Crippen LogP contribution < -0.4 is 0 Å². The summed E-state index contributed by atoms with van der Waals surface area (Å²) in [6.45, 7) is 2.26. The monoisotopic (exact) mass is 178 g/mol. The zero-order valence-electron chi connectivity index (χ0n) is 8.89. The third kappa shape index (κ3) is 4.92. The average Bonchev–Trinajstić information content (AvgIpc) is 2.19. The van der Waals surface area contributed by atoms with Gasteiger partial charge in [0, 0.05) is 0 Å². The van der Waals surface area contributed by atoms with Gasteiger partial charge in [-0.15, -0.1) is 0 Å². The Labute approximate surface area is 82.7 Å². The van der Waals surface area contributed by atoms with E-state index >= 15 is 0 Å². The van der Waals surface area contributed by atoms with Crippen LogP contribution in [-0.4, -0.2) is 0 Å². The Morgan fingerprint density at radius 3 is 2.92 bits per heavy atom. The van der Waals surface area contributed by atoms with Gasteiger partial charge in [0.1, 0.15) is 0 Å². The Morgan fingerprint density at radius 1 is 1.31 bits per heavy atom. The van der Waals surface area contributed by atoms with E-state index in [9.17, 15) is 0 Å². The van der Waals surface area contributed by atoms with Gasteiger partial charge in [-0.05, 0) is 38.5 Å². The van der Waals surface area contributed by atoms with E-state index in [1.54, 1.807) is 5.57 Å². The molecule has 0 aromatic carbocycles. The minimum absolute atomic E-state index is 1.27. The first-order valence-electron chi connectivity index (χ1n) is 5.79. The number of rotatable bonds is 5. The molecule has 0 heteroatoms. The Hall–Kier alpha value is -0.520. The van der Waals surface area contributed by atoms with Crippen molar-refractivity contribution in [2.24, 2.45) is 0 Å². The topological polar surface area (TPSA) is 0 Å². The van der Waals surface area contributed by atoms with Crippen molar-refractivity contribution in [3.63, 3.8) is 0 Å². The first-order chi connectivity index (χ1) is 6.43. The molecule has 0 bridgehead atoms. The third-order valence-corrected chi connectivity index (χ3v) is 2.63. The second kappa shape index (κ2) is 6.94. The number of allylic oxidation sites excluding steroid dienone is 4. The maximum atomic E-state index is 2.40. The zero-order chi connectivity index (χ0) is 9.36. The lowest BCUT2D eigenvalue weighted by Crippen LogP contribution is -1.87. The van der Waals surface area contributed by atoms with Gasteiger partial charge < -0.3 is 0 Å². The fourth-order valence-electron chi connectivity index (χ4n) is 1.76. The quantitative estimate of drug-likeness (QED) is 0.539. The molecule has 13 heavy (non-hydrogen) atoms. The van der Waals surface area contributed by atoms with Crippen molar-refractivity contribution >= 4 is 0 Å². The van der Waals surface area contributed by atoms with Crippen molar-refractivity contribution in [2.45, 2.75) is 58.3 Å². The van der Waals surface area contributed by atoms with Crippen molar-refractivity contribution in [2.75, 3.05) is 0 Å². The van der Waals surface area contributed by atoms with Crippen LogP contribution in [0.3, 0.4) is 0 Å². The molecule has 0 atom stereocenters. The zero-order valence-corrected chi connectivity index (χ0v) is 8.89. The van der Waals surface area contributed by atoms with Crippen molar-refractivity contribution in [3.05, 3.63) is 23.8 Å². The summed E-state index contributed by atoms with van der Waals surface area (Å²) in [5.41, 5.74) is 1.57. The minimum Gasteiger partial charge on any atom is -0.0843 e. The van der Waals surface area contributed by atoms with Gasteiger partial charge in [0.05, 0.1) is 0 Å². The van der Waals surface area contributed by atoms with Crippen LogP contribution in [0.4, 0.5) is 0 Å². The van der Waals surface area contributed by atoms with Gasteiger partial charge in [0.15, 0.2) is 0 Å². The average molecular weight is 178 g/mol. The van der Waals surface area contributed by atoms with E-state index in [0.29, 0.717) is 0 Å². The highest BCUT2D eigenvalue weighted by Crippen LogP contribution is 2.18. The van der Waals surface area contributed by atoms with E-state index in [1.165, 1.54) is 51.4 Å². The molecular formula is C13H22. The molecule has 0 aliphatic heterocycles. The van der Waals surface area contributed by atoms with Crippen LogP contribution in [0.25, 0.3) is 0 Å². The lowest BCUT2D eigenvalue weighted by atomic mass is 9.99. The summed E-state index contributed by atoms with van der Waals surface area (Å²) >= 11 is 0. The molecule has 74 valence electrons. The maximum absolute atomic E-state index is 2.40. The van der Waals surface area contributed by atoms with Crippen molar-refractivity contribution in [3.8, 4) is 0 Å². The third-order valence-electron chi connectivity index (χ3n) is 2.63. The lowest BCUT2D eigenvalue weighted by Gasteiger charge is -2.07. The van der Waals surface area contributed by atoms with Gasteiger partial charge >= 0.3 is 0 Å². The Morgan fingerprint density at radius 2 is 2.23 bits per heavy atom. The van der Waals surface area contributed by atoms with E-state index < -0.39 is 0 Å². The predicted octanol–water partition coefficient (Wildman–Crippen LogP) is 4.62. The van der Waals surface area contributed by atoms with E-state index in [4.69, 9.17) is 0 Å². The van der Waals surface area contributed by atoms with Crippen LogP contribution in [-0.2, 0) is 0 Å². The van der Waals surface area contributed by atoms with Crippen molar-refractivity contribution in [1.29, 1.82) is 0 Å². The van der Waals surface area contributed by atoms with Gasteiger partial charge in [-0.3, -0.25) is 0 Å². The van der Waals surface area contributed by atoms with E-state index in [1.807, 2.05) is 0 Å². The van der Waals surface area contributed by atoms with Crippen molar-refractivity contribution < 1.29 is 0 Å². The number of hydrogen-bond acceptors (Lipinski definition) is 0. The van der Waals surface area contributed by atoms with Crippen LogP contribution in [0, 0.1) is 0 Å². The molecule has 0 unspecified atom stereocenters. The summed E-state index contributed by atoms with van der Waals surface area (Å²) in [6, 6.07) is 0. The van der Waals surface area contributed by atoms with Crippen LogP contribution in [0.15, 0.2) is 23.8 Å². The summed E-state index contributed by atoms with van der Waals surface area (Å²) in [6.07, 6.45) is 17.8. The van der Waals surface area contributed by atoms with Gasteiger partial charge in [-0.2, -0.15) is 0 Å². The highest BCUT2D eigenvalue weighted by molar-refractivity contribution is 5.19. The maximum Gasteiger partial charge on any atom is -0.0282 e. The summed E-state index contributed by atoms with van der Waals surface area (Å²) < 4.78 is 0. The molecule has 0 aromatic rings.